The molecule has 2 N–H and O–H groups in total. The van der Waals surface area contributed by atoms with Crippen molar-refractivity contribution in [1.82, 2.24) is 4.98 Å². The minimum Gasteiger partial charge on any atom is -0.361 e. The van der Waals surface area contributed by atoms with E-state index in [1.165, 1.54) is 12.1 Å². The first-order valence-electron chi connectivity index (χ1n) is 6.32. The molecule has 3 nitrogen and oxygen atoms in total. The van der Waals surface area contributed by atoms with E-state index in [4.69, 9.17) is 0 Å². The number of hydrogen-bond donors (Lipinski definition) is 2. The third-order valence-electron chi connectivity index (χ3n) is 3.12. The molecule has 2 aromatic carbocycles. The van der Waals surface area contributed by atoms with Crippen molar-refractivity contribution in [2.75, 3.05) is 5.32 Å². The fourth-order valence-electron chi connectivity index (χ4n) is 2.12. The Kier molecular flexibility index (Phi) is 3.21. The molecule has 20 heavy (non-hydrogen) atoms. The molecule has 0 aliphatic rings. The second-order valence-corrected chi connectivity index (χ2v) is 4.63. The van der Waals surface area contributed by atoms with Crippen molar-refractivity contribution < 1.29 is 9.18 Å². The number of carbonyl (C=O) groups is 1. The molecule has 0 aliphatic carbocycles. The summed E-state index contributed by atoms with van der Waals surface area (Å²) in [6, 6.07) is 13.6. The zero-order chi connectivity index (χ0) is 13.9. The van der Waals surface area contributed by atoms with Gasteiger partial charge in [-0.15, -0.1) is 0 Å². The number of amides is 1. The van der Waals surface area contributed by atoms with E-state index in [2.05, 4.69) is 10.3 Å². The van der Waals surface area contributed by atoms with E-state index in [0.29, 0.717) is 0 Å². The van der Waals surface area contributed by atoms with Crippen LogP contribution in [0.4, 0.5) is 10.1 Å². The molecule has 0 saturated heterocycles. The molecule has 1 heterocycles. The molecule has 1 aromatic heterocycles. The number of nitrogens with one attached hydrogen (secondary N) is 2. The van der Waals surface area contributed by atoms with Crippen LogP contribution in [-0.4, -0.2) is 10.9 Å². The van der Waals surface area contributed by atoms with Crippen molar-refractivity contribution in [2.24, 2.45) is 0 Å². The van der Waals surface area contributed by atoms with Gasteiger partial charge in [-0.05, 0) is 41.3 Å². The Morgan fingerprint density at radius 1 is 1.10 bits per heavy atom. The number of aromatic amines is 1. The first kappa shape index (κ1) is 12.4. The van der Waals surface area contributed by atoms with Crippen molar-refractivity contribution in [3.05, 3.63) is 66.1 Å². The van der Waals surface area contributed by atoms with Crippen molar-refractivity contribution in [3.63, 3.8) is 0 Å². The Balaban J connectivity index is 1.70. The van der Waals surface area contributed by atoms with Crippen LogP contribution in [0.2, 0.25) is 0 Å². The largest absolute Gasteiger partial charge is 0.361 e. The molecule has 0 radical (unpaired) electrons. The van der Waals surface area contributed by atoms with Crippen molar-refractivity contribution in [2.45, 2.75) is 6.42 Å². The molecule has 0 bridgehead atoms. The monoisotopic (exact) mass is 268 g/mol. The number of rotatable bonds is 3. The first-order chi connectivity index (χ1) is 9.70. The lowest BCUT2D eigenvalue weighted by atomic mass is 10.1. The zero-order valence-electron chi connectivity index (χ0n) is 10.7. The summed E-state index contributed by atoms with van der Waals surface area (Å²) >= 11 is 0. The van der Waals surface area contributed by atoms with Crippen molar-refractivity contribution >= 4 is 22.5 Å². The van der Waals surface area contributed by atoms with E-state index in [9.17, 15) is 9.18 Å². The van der Waals surface area contributed by atoms with Crippen LogP contribution in [0.5, 0.6) is 0 Å². The van der Waals surface area contributed by atoms with E-state index >= 15 is 0 Å². The van der Waals surface area contributed by atoms with E-state index in [0.717, 1.165) is 22.2 Å². The number of halogens is 1. The Labute approximate surface area is 115 Å². The number of H-pyrrole nitrogens is 1. The summed E-state index contributed by atoms with van der Waals surface area (Å²) in [6.45, 7) is 0. The van der Waals surface area contributed by atoms with Crippen molar-refractivity contribution in [3.8, 4) is 0 Å². The predicted molar refractivity (Wildman–Crippen MR) is 77.0 cm³/mol. The highest BCUT2D eigenvalue weighted by atomic mass is 19.1. The summed E-state index contributed by atoms with van der Waals surface area (Å²) < 4.78 is 12.8. The minimum absolute atomic E-state index is 0.123. The highest BCUT2D eigenvalue weighted by Crippen LogP contribution is 2.17. The smallest absolute Gasteiger partial charge is 0.228 e. The molecule has 4 heteroatoms. The molecule has 1 amide bonds. The zero-order valence-corrected chi connectivity index (χ0v) is 10.7. The van der Waals surface area contributed by atoms with Gasteiger partial charge in [0, 0.05) is 17.4 Å². The van der Waals surface area contributed by atoms with Crippen LogP contribution in [0.1, 0.15) is 5.56 Å². The lowest BCUT2D eigenvalue weighted by Crippen LogP contribution is -2.14. The molecule has 0 saturated carbocycles. The second kappa shape index (κ2) is 5.17. The van der Waals surface area contributed by atoms with Crippen LogP contribution in [0.3, 0.4) is 0 Å². The molecular formula is C16H13FN2O. The maximum Gasteiger partial charge on any atom is 0.228 e. The van der Waals surface area contributed by atoms with Gasteiger partial charge in [0.05, 0.1) is 6.42 Å². The maximum absolute atomic E-state index is 12.8. The van der Waals surface area contributed by atoms with E-state index < -0.39 is 0 Å². The van der Waals surface area contributed by atoms with Gasteiger partial charge >= 0.3 is 0 Å². The van der Waals surface area contributed by atoms with E-state index in [1.807, 2.05) is 30.5 Å². The van der Waals surface area contributed by atoms with Crippen LogP contribution < -0.4 is 5.32 Å². The molecule has 0 aliphatic heterocycles. The number of anilines is 1. The Morgan fingerprint density at radius 3 is 2.70 bits per heavy atom. The Hall–Kier alpha value is -2.62. The lowest BCUT2D eigenvalue weighted by molar-refractivity contribution is -0.115. The highest BCUT2D eigenvalue weighted by Gasteiger charge is 2.05. The first-order valence-corrected chi connectivity index (χ1v) is 6.32. The maximum atomic E-state index is 12.8. The molecule has 0 unspecified atom stereocenters. The van der Waals surface area contributed by atoms with E-state index in [1.54, 1.807) is 12.1 Å². The average molecular weight is 268 g/mol. The number of aromatic nitrogens is 1. The average Bonchev–Trinajstić information content (AvgIpc) is 2.89. The van der Waals surface area contributed by atoms with Crippen molar-refractivity contribution in [1.29, 1.82) is 0 Å². The standard InChI is InChI=1S/C16H13FN2O/c17-13-4-1-11(2-5-13)9-16(20)19-14-6-3-12-7-8-18-15(12)10-14/h1-8,10,18H,9H2,(H,19,20). The SMILES string of the molecule is O=C(Cc1ccc(F)cc1)Nc1ccc2cc[nH]c2c1. The summed E-state index contributed by atoms with van der Waals surface area (Å²) in [5.41, 5.74) is 2.50. The lowest BCUT2D eigenvalue weighted by Gasteiger charge is -2.05. The molecule has 3 aromatic rings. The van der Waals surface area contributed by atoms with Gasteiger partial charge in [-0.1, -0.05) is 18.2 Å². The summed E-state index contributed by atoms with van der Waals surface area (Å²) in [6.07, 6.45) is 2.08. The van der Waals surface area contributed by atoms with Gasteiger partial charge in [0.15, 0.2) is 0 Å². The number of benzene rings is 2. The fourth-order valence-corrected chi connectivity index (χ4v) is 2.12. The molecule has 3 rings (SSSR count). The van der Waals surface area contributed by atoms with Gasteiger partial charge in [0.1, 0.15) is 5.82 Å². The second-order valence-electron chi connectivity index (χ2n) is 4.63. The summed E-state index contributed by atoms with van der Waals surface area (Å²) in [7, 11) is 0. The van der Waals surface area contributed by atoms with Gasteiger partial charge in [-0.25, -0.2) is 4.39 Å². The molecule has 0 atom stereocenters. The number of fused-ring (bicyclic) bond motifs is 1. The van der Waals surface area contributed by atoms with Crippen LogP contribution >= 0.6 is 0 Å². The van der Waals surface area contributed by atoms with Crippen LogP contribution in [-0.2, 0) is 11.2 Å². The van der Waals surface area contributed by atoms with Crippen LogP contribution in [0, 0.1) is 5.82 Å². The normalized spacial score (nSPS) is 10.7. The molecular weight excluding hydrogens is 255 g/mol. The predicted octanol–water partition coefficient (Wildman–Crippen LogP) is 3.49. The van der Waals surface area contributed by atoms with Gasteiger partial charge < -0.3 is 10.3 Å². The summed E-state index contributed by atoms with van der Waals surface area (Å²) in [5, 5.41) is 3.93. The fraction of sp³-hybridized carbons (Fsp3) is 0.0625. The van der Waals surface area contributed by atoms with Gasteiger partial charge in [-0.2, -0.15) is 0 Å². The molecule has 0 spiro atoms. The topological polar surface area (TPSA) is 44.9 Å². The third kappa shape index (κ3) is 2.69. The molecule has 0 fully saturated rings. The third-order valence-corrected chi connectivity index (χ3v) is 3.12. The molecule has 100 valence electrons. The van der Waals surface area contributed by atoms with E-state index in [-0.39, 0.29) is 18.1 Å². The van der Waals surface area contributed by atoms with Gasteiger partial charge in [-0.3, -0.25) is 4.79 Å². The van der Waals surface area contributed by atoms with Gasteiger partial charge in [0.25, 0.3) is 0 Å². The summed E-state index contributed by atoms with van der Waals surface area (Å²) in [5.74, 6) is -0.422. The quantitative estimate of drug-likeness (QED) is 0.750. The number of hydrogen-bond acceptors (Lipinski definition) is 1. The van der Waals surface area contributed by atoms with Crippen LogP contribution in [0.25, 0.3) is 10.9 Å². The number of carbonyl (C=O) groups excluding carboxylic acids is 1. The van der Waals surface area contributed by atoms with Gasteiger partial charge in [0.2, 0.25) is 5.91 Å². The van der Waals surface area contributed by atoms with Crippen LogP contribution in [0.15, 0.2) is 54.7 Å². The minimum atomic E-state index is -0.300. The Morgan fingerprint density at radius 2 is 1.90 bits per heavy atom. The summed E-state index contributed by atoms with van der Waals surface area (Å²) in [4.78, 5) is 15.0. The highest BCUT2D eigenvalue weighted by molar-refractivity contribution is 5.94. The Bertz CT molecular complexity index is 747.